The lowest BCUT2D eigenvalue weighted by molar-refractivity contribution is 0.410. The van der Waals surface area contributed by atoms with Crippen LogP contribution in [0.5, 0.6) is 5.75 Å². The van der Waals surface area contributed by atoms with Gasteiger partial charge in [-0.05, 0) is 41.5 Å². The van der Waals surface area contributed by atoms with Gasteiger partial charge in [-0.3, -0.25) is 10.1 Å². The van der Waals surface area contributed by atoms with Crippen LogP contribution in [0.15, 0.2) is 47.5 Å². The summed E-state index contributed by atoms with van der Waals surface area (Å²) in [5.74, 6) is 0.836. The molecule has 2 aromatic carbocycles. The molecular formula is C18H17ClN4O. The second kappa shape index (κ2) is 7.27. The van der Waals surface area contributed by atoms with E-state index in [4.69, 9.17) is 16.3 Å². The Morgan fingerprint density at radius 3 is 2.71 bits per heavy atom. The molecule has 0 spiro atoms. The second-order valence-corrected chi connectivity index (χ2v) is 5.73. The largest absolute Gasteiger partial charge is 0.496 e. The van der Waals surface area contributed by atoms with Gasteiger partial charge in [0, 0.05) is 30.3 Å². The average molecular weight is 341 g/mol. The summed E-state index contributed by atoms with van der Waals surface area (Å²) in [5, 5.41) is 11.6. The Balaban J connectivity index is 1.99. The van der Waals surface area contributed by atoms with Crippen molar-refractivity contribution >= 4 is 17.8 Å². The standard InChI is InChI=1S/C18H17ClN4O/c1-20-11-16-18(22-23-21-16)13-5-8-17(24-2)14(10-13)9-12-3-6-15(19)7-4-12/h3-8,10-11H,9H2,1-2H3,(H,21,22,23)/b20-11+. The van der Waals surface area contributed by atoms with Crippen molar-refractivity contribution in [3.05, 3.63) is 64.3 Å². The fourth-order valence-electron chi connectivity index (χ4n) is 2.55. The van der Waals surface area contributed by atoms with Gasteiger partial charge in [-0.2, -0.15) is 0 Å². The topological polar surface area (TPSA) is 63.2 Å². The Labute approximate surface area is 145 Å². The molecule has 1 aromatic heterocycles. The number of methoxy groups -OCH3 is 1. The molecule has 0 radical (unpaired) electrons. The number of H-pyrrole nitrogens is 1. The average Bonchev–Trinajstić information content (AvgIpc) is 3.05. The molecule has 0 unspecified atom stereocenters. The van der Waals surface area contributed by atoms with Crippen molar-refractivity contribution in [1.29, 1.82) is 0 Å². The molecule has 3 rings (SSSR count). The summed E-state index contributed by atoms with van der Waals surface area (Å²) >= 11 is 5.96. The van der Waals surface area contributed by atoms with Crippen LogP contribution in [-0.2, 0) is 6.42 Å². The lowest BCUT2D eigenvalue weighted by Crippen LogP contribution is -1.96. The summed E-state index contributed by atoms with van der Waals surface area (Å²) in [6.07, 6.45) is 2.45. The molecule has 0 saturated heterocycles. The third kappa shape index (κ3) is 3.46. The first kappa shape index (κ1) is 16.2. The number of nitrogens with zero attached hydrogens (tertiary/aromatic N) is 3. The summed E-state index contributed by atoms with van der Waals surface area (Å²) in [6.45, 7) is 0. The molecule has 5 nitrogen and oxygen atoms in total. The van der Waals surface area contributed by atoms with Crippen LogP contribution in [0.2, 0.25) is 5.02 Å². The van der Waals surface area contributed by atoms with Gasteiger partial charge in [-0.25, -0.2) is 0 Å². The van der Waals surface area contributed by atoms with Crippen LogP contribution in [0.1, 0.15) is 16.8 Å². The number of aromatic nitrogens is 3. The van der Waals surface area contributed by atoms with Crippen LogP contribution in [0.4, 0.5) is 0 Å². The predicted octanol–water partition coefficient (Wildman–Crippen LogP) is 3.77. The summed E-state index contributed by atoms with van der Waals surface area (Å²) in [7, 11) is 3.39. The predicted molar refractivity (Wildman–Crippen MR) is 96.1 cm³/mol. The van der Waals surface area contributed by atoms with Gasteiger partial charge in [0.2, 0.25) is 0 Å². The number of aliphatic imine (C=N–C) groups is 1. The molecular weight excluding hydrogens is 324 g/mol. The first-order chi connectivity index (χ1) is 11.7. The monoisotopic (exact) mass is 340 g/mol. The molecule has 0 fully saturated rings. The minimum atomic E-state index is 0.727. The molecule has 1 N–H and O–H groups in total. The van der Waals surface area contributed by atoms with Crippen LogP contribution >= 0.6 is 11.6 Å². The number of nitrogens with one attached hydrogen (secondary N) is 1. The number of aromatic amines is 1. The first-order valence-corrected chi connectivity index (χ1v) is 7.84. The minimum Gasteiger partial charge on any atom is -0.496 e. The Bertz CT molecular complexity index is 856. The van der Waals surface area contributed by atoms with E-state index in [1.807, 2.05) is 36.4 Å². The first-order valence-electron chi connectivity index (χ1n) is 7.46. The van der Waals surface area contributed by atoms with Crippen molar-refractivity contribution in [2.75, 3.05) is 14.2 Å². The number of hydrogen-bond acceptors (Lipinski definition) is 4. The van der Waals surface area contributed by atoms with E-state index in [2.05, 4.69) is 26.5 Å². The van der Waals surface area contributed by atoms with Crippen LogP contribution in [0.25, 0.3) is 11.3 Å². The molecule has 0 bridgehead atoms. The maximum absolute atomic E-state index is 5.96. The second-order valence-electron chi connectivity index (χ2n) is 5.29. The third-order valence-corrected chi connectivity index (χ3v) is 3.95. The molecule has 3 aromatic rings. The Morgan fingerprint density at radius 2 is 2.00 bits per heavy atom. The summed E-state index contributed by atoms with van der Waals surface area (Å²) < 4.78 is 5.50. The zero-order chi connectivity index (χ0) is 16.9. The fourth-order valence-corrected chi connectivity index (χ4v) is 2.68. The lowest BCUT2D eigenvalue weighted by Gasteiger charge is -2.10. The van der Waals surface area contributed by atoms with Crippen molar-refractivity contribution in [2.24, 2.45) is 4.99 Å². The Kier molecular flexibility index (Phi) is 4.91. The highest BCUT2D eigenvalue weighted by atomic mass is 35.5. The maximum Gasteiger partial charge on any atom is 0.122 e. The normalized spacial score (nSPS) is 11.1. The highest BCUT2D eigenvalue weighted by Crippen LogP contribution is 2.28. The molecule has 1 heterocycles. The molecule has 0 aliphatic rings. The van der Waals surface area contributed by atoms with Crippen LogP contribution in [-0.4, -0.2) is 35.8 Å². The quantitative estimate of drug-likeness (QED) is 0.719. The molecule has 122 valence electrons. The van der Waals surface area contributed by atoms with Gasteiger partial charge in [0.1, 0.15) is 17.1 Å². The highest BCUT2D eigenvalue weighted by molar-refractivity contribution is 6.30. The summed E-state index contributed by atoms with van der Waals surface area (Å²) in [6, 6.07) is 13.8. The van der Waals surface area contributed by atoms with E-state index in [-0.39, 0.29) is 0 Å². The molecule has 0 aliphatic carbocycles. The molecule has 0 amide bonds. The van der Waals surface area contributed by atoms with Crippen molar-refractivity contribution in [3.8, 4) is 17.0 Å². The lowest BCUT2D eigenvalue weighted by atomic mass is 10.00. The van der Waals surface area contributed by atoms with E-state index in [0.717, 1.165) is 45.3 Å². The van der Waals surface area contributed by atoms with Gasteiger partial charge in [0.05, 0.1) is 7.11 Å². The number of halogens is 1. The van der Waals surface area contributed by atoms with Crippen LogP contribution < -0.4 is 4.74 Å². The molecule has 0 aliphatic heterocycles. The van der Waals surface area contributed by atoms with Crippen molar-refractivity contribution in [3.63, 3.8) is 0 Å². The summed E-state index contributed by atoms with van der Waals surface area (Å²) in [4.78, 5) is 4.02. The van der Waals surface area contributed by atoms with Gasteiger partial charge in [0.25, 0.3) is 0 Å². The van der Waals surface area contributed by atoms with E-state index in [9.17, 15) is 0 Å². The molecule has 0 atom stereocenters. The van der Waals surface area contributed by atoms with E-state index in [0.29, 0.717) is 0 Å². The van der Waals surface area contributed by atoms with Gasteiger partial charge in [-0.1, -0.05) is 28.9 Å². The molecule has 6 heteroatoms. The van der Waals surface area contributed by atoms with E-state index >= 15 is 0 Å². The number of ether oxygens (including phenoxy) is 1. The Hall–Kier alpha value is -2.66. The van der Waals surface area contributed by atoms with E-state index in [1.165, 1.54) is 0 Å². The SMILES string of the molecule is C/N=C/c1[nH]nnc1-c1ccc(OC)c(Cc2ccc(Cl)cc2)c1. The summed E-state index contributed by atoms with van der Waals surface area (Å²) in [5.41, 5.74) is 4.73. The number of hydrogen-bond donors (Lipinski definition) is 1. The zero-order valence-corrected chi connectivity index (χ0v) is 14.2. The van der Waals surface area contributed by atoms with Gasteiger partial charge < -0.3 is 4.74 Å². The van der Waals surface area contributed by atoms with Gasteiger partial charge in [0.15, 0.2) is 0 Å². The van der Waals surface area contributed by atoms with Gasteiger partial charge >= 0.3 is 0 Å². The van der Waals surface area contributed by atoms with Crippen molar-refractivity contribution in [1.82, 2.24) is 15.4 Å². The van der Waals surface area contributed by atoms with Crippen LogP contribution in [0, 0.1) is 0 Å². The van der Waals surface area contributed by atoms with Crippen molar-refractivity contribution in [2.45, 2.75) is 6.42 Å². The van der Waals surface area contributed by atoms with E-state index < -0.39 is 0 Å². The van der Waals surface area contributed by atoms with Crippen LogP contribution in [0.3, 0.4) is 0 Å². The van der Waals surface area contributed by atoms with E-state index in [1.54, 1.807) is 20.4 Å². The third-order valence-electron chi connectivity index (χ3n) is 3.70. The molecule has 24 heavy (non-hydrogen) atoms. The zero-order valence-electron chi connectivity index (χ0n) is 13.5. The minimum absolute atomic E-state index is 0.727. The molecule has 0 saturated carbocycles. The smallest absolute Gasteiger partial charge is 0.122 e. The number of benzene rings is 2. The van der Waals surface area contributed by atoms with Crippen molar-refractivity contribution < 1.29 is 4.74 Å². The number of rotatable bonds is 5. The maximum atomic E-state index is 5.96. The highest BCUT2D eigenvalue weighted by Gasteiger charge is 2.12. The fraction of sp³-hybridized carbons (Fsp3) is 0.167. The Morgan fingerprint density at radius 1 is 1.21 bits per heavy atom. The van der Waals surface area contributed by atoms with Gasteiger partial charge in [-0.15, -0.1) is 5.10 Å².